The predicted octanol–water partition coefficient (Wildman–Crippen LogP) is -0.616. The van der Waals surface area contributed by atoms with Gasteiger partial charge in [0.15, 0.2) is 0 Å². The molecule has 0 aromatic heterocycles. The fourth-order valence-electron chi connectivity index (χ4n) is 0.534. The average Bonchev–Trinajstić information content (AvgIpc) is 2.04. The number of halogens is 3. The van der Waals surface area contributed by atoms with Gasteiger partial charge in [-0.05, 0) is 6.92 Å². The molecule has 15 heavy (non-hydrogen) atoms. The van der Waals surface area contributed by atoms with Crippen LogP contribution < -0.4 is 51.4 Å². The van der Waals surface area contributed by atoms with E-state index in [1.165, 1.54) is 5.56 Å². The maximum absolute atomic E-state index is 10.6. The van der Waals surface area contributed by atoms with Crippen LogP contribution >= 0.6 is 0 Å². The summed E-state index contributed by atoms with van der Waals surface area (Å²) in [5.41, 5.74) is -3.76. The van der Waals surface area contributed by atoms with E-state index in [-0.39, 0.29) is 51.4 Å². The van der Waals surface area contributed by atoms with Crippen LogP contribution in [0.4, 0.5) is 13.2 Å². The summed E-state index contributed by atoms with van der Waals surface area (Å²) in [6.45, 7) is 2.08. The number of aryl methyl sites for hydroxylation is 1. The van der Waals surface area contributed by atoms with Crippen molar-refractivity contribution in [2.45, 2.75) is 12.4 Å². The third-order valence-corrected chi connectivity index (χ3v) is 1.51. The molecule has 0 radical (unpaired) electrons. The molecule has 1 rings (SSSR count). The molecule has 0 heterocycles. The van der Waals surface area contributed by atoms with Gasteiger partial charge in [0.25, 0.3) is 0 Å². The van der Waals surface area contributed by atoms with Crippen molar-refractivity contribution in [1.29, 1.82) is 0 Å². The molecule has 1 unspecified atom stereocenters. The summed E-state index contributed by atoms with van der Waals surface area (Å²) in [5, 5.41) is 0. The quantitative estimate of drug-likeness (QED) is 0.463. The Morgan fingerprint density at radius 3 is 1.67 bits per heavy atom. The Bertz CT molecular complexity index is 290. The topological polar surface area (TPSA) is 40.1 Å². The van der Waals surface area contributed by atoms with Gasteiger partial charge in [0.2, 0.25) is 0 Å². The summed E-state index contributed by atoms with van der Waals surface area (Å²) < 4.78 is 49.5. The monoisotopic (exact) mass is 264 g/mol. The maximum atomic E-state index is 10.6. The molecule has 2 nitrogen and oxygen atoms in total. The van der Waals surface area contributed by atoms with E-state index >= 15 is 0 Å². The second-order valence-corrected chi connectivity index (χ2v) is 3.27. The summed E-state index contributed by atoms with van der Waals surface area (Å²) in [6, 6.07) is 10.3. The molecular formula is C8H8F3KO2S. The zero-order valence-corrected chi connectivity index (χ0v) is 12.2. The molecule has 0 N–H and O–H groups in total. The Morgan fingerprint density at radius 2 is 1.53 bits per heavy atom. The number of hydrogen-bond donors (Lipinski definition) is 0. The summed E-state index contributed by atoms with van der Waals surface area (Å²) in [4.78, 5) is 0. The van der Waals surface area contributed by atoms with Gasteiger partial charge in [-0.2, -0.15) is 13.2 Å². The van der Waals surface area contributed by atoms with Crippen molar-refractivity contribution < 1.29 is 73.3 Å². The van der Waals surface area contributed by atoms with Gasteiger partial charge >= 0.3 is 56.9 Å². The van der Waals surface area contributed by atoms with Crippen molar-refractivity contribution in [3.63, 3.8) is 0 Å². The molecule has 0 saturated heterocycles. The van der Waals surface area contributed by atoms with Crippen molar-refractivity contribution in [2.75, 3.05) is 0 Å². The number of rotatable bonds is 0. The second kappa shape index (κ2) is 8.86. The normalized spacial score (nSPS) is 11.8. The Hall–Kier alpha value is 0.756. The molecule has 0 spiro atoms. The van der Waals surface area contributed by atoms with Crippen LogP contribution in [0.2, 0.25) is 0 Å². The first-order chi connectivity index (χ1) is 6.34. The minimum Gasteiger partial charge on any atom is -0.766 e. The largest absolute Gasteiger partial charge is 1.00 e. The molecule has 0 saturated carbocycles. The van der Waals surface area contributed by atoms with Gasteiger partial charge in [0.1, 0.15) is 0 Å². The van der Waals surface area contributed by atoms with E-state index in [1.54, 1.807) is 0 Å². The van der Waals surface area contributed by atoms with Gasteiger partial charge < -0.3 is 4.55 Å². The van der Waals surface area contributed by atoms with Gasteiger partial charge in [-0.3, -0.25) is 4.21 Å². The fourth-order valence-corrected chi connectivity index (χ4v) is 0.534. The molecule has 0 amide bonds. The van der Waals surface area contributed by atoms with Crippen molar-refractivity contribution in [2.24, 2.45) is 0 Å². The molecule has 1 aromatic rings. The molecule has 7 heteroatoms. The second-order valence-electron chi connectivity index (χ2n) is 2.34. The van der Waals surface area contributed by atoms with Crippen molar-refractivity contribution in [3.05, 3.63) is 35.9 Å². The van der Waals surface area contributed by atoms with E-state index in [9.17, 15) is 13.2 Å². The summed E-state index contributed by atoms with van der Waals surface area (Å²) in [7, 11) is 0. The van der Waals surface area contributed by atoms with Crippen LogP contribution in [0, 0.1) is 6.92 Å². The van der Waals surface area contributed by atoms with Crippen LogP contribution in [0.25, 0.3) is 0 Å². The van der Waals surface area contributed by atoms with Gasteiger partial charge in [-0.15, -0.1) is 0 Å². The third kappa shape index (κ3) is 11.0. The minimum absolute atomic E-state index is 0. The first-order valence-electron chi connectivity index (χ1n) is 3.52. The van der Waals surface area contributed by atoms with Crippen molar-refractivity contribution >= 4 is 11.1 Å². The smallest absolute Gasteiger partial charge is 0.766 e. The van der Waals surface area contributed by atoms with Gasteiger partial charge in [0.05, 0.1) is 11.1 Å². The van der Waals surface area contributed by atoms with Gasteiger partial charge in [-0.25, -0.2) is 0 Å². The van der Waals surface area contributed by atoms with E-state index in [1.807, 2.05) is 18.2 Å². The molecule has 0 aliphatic rings. The van der Waals surface area contributed by atoms with Crippen LogP contribution in [0.1, 0.15) is 5.56 Å². The minimum atomic E-state index is -5.08. The van der Waals surface area contributed by atoms with Crippen molar-refractivity contribution in [1.82, 2.24) is 0 Å². The molecule has 0 bridgehead atoms. The molecule has 1 atom stereocenters. The molecule has 0 fully saturated rings. The Labute approximate surface area is 131 Å². The molecule has 0 aliphatic carbocycles. The number of alkyl halides is 3. The Morgan fingerprint density at radius 1 is 1.20 bits per heavy atom. The Balaban J connectivity index is 0. The molecule has 1 aromatic carbocycles. The van der Waals surface area contributed by atoms with Crippen LogP contribution in [-0.4, -0.2) is 14.3 Å². The summed E-state index contributed by atoms with van der Waals surface area (Å²) >= 11 is -3.93. The summed E-state index contributed by atoms with van der Waals surface area (Å²) in [6.07, 6.45) is 0. The van der Waals surface area contributed by atoms with Crippen LogP contribution in [0.3, 0.4) is 0 Å². The van der Waals surface area contributed by atoms with Crippen molar-refractivity contribution in [3.8, 4) is 0 Å². The van der Waals surface area contributed by atoms with E-state index in [2.05, 4.69) is 19.1 Å². The number of hydrogen-bond acceptors (Lipinski definition) is 2. The van der Waals surface area contributed by atoms with E-state index < -0.39 is 16.6 Å². The predicted molar refractivity (Wildman–Crippen MR) is 46.2 cm³/mol. The Kier molecular flexibility index (Phi) is 10.7. The number of benzene rings is 1. The fraction of sp³-hybridized carbons (Fsp3) is 0.250. The van der Waals surface area contributed by atoms with E-state index in [0.29, 0.717) is 0 Å². The van der Waals surface area contributed by atoms with Gasteiger partial charge in [0, 0.05) is 0 Å². The third-order valence-electron chi connectivity index (χ3n) is 1.13. The van der Waals surface area contributed by atoms with Crippen LogP contribution in [0.15, 0.2) is 30.3 Å². The molecular weight excluding hydrogens is 256 g/mol. The first kappa shape index (κ1) is 18.1. The van der Waals surface area contributed by atoms with E-state index in [0.717, 1.165) is 0 Å². The van der Waals surface area contributed by atoms with Crippen LogP contribution in [-0.2, 0) is 11.1 Å². The maximum Gasteiger partial charge on any atom is 1.00 e. The average molecular weight is 264 g/mol. The zero-order chi connectivity index (χ0) is 11.2. The SMILES string of the molecule is Cc1ccccc1.O=S([O-])C(F)(F)F.[K+]. The van der Waals surface area contributed by atoms with Crippen LogP contribution in [0.5, 0.6) is 0 Å². The summed E-state index contributed by atoms with van der Waals surface area (Å²) in [5.74, 6) is 0. The zero-order valence-electron chi connectivity index (χ0n) is 8.25. The van der Waals surface area contributed by atoms with E-state index in [4.69, 9.17) is 8.76 Å². The van der Waals surface area contributed by atoms with Gasteiger partial charge in [-0.1, -0.05) is 35.9 Å². The molecule has 0 aliphatic heterocycles. The molecule has 80 valence electrons. The first-order valence-corrected chi connectivity index (χ1v) is 4.59. The standard InChI is InChI=1S/C7H8.CHF3O2S.K/c1-7-5-3-2-4-6-7;2-1(3,4)7(5)6;/h2-6H,1H3;(H,5,6);/q;;+1/p-1.